The molecule has 4 nitrogen and oxygen atoms in total. The molecule has 0 spiro atoms. The SMILES string of the molecule is COc1ccccc1C(=O)NCC1(c2cccc(F)c2)CC(O)C1. The fraction of sp³-hybridized carbons (Fsp3) is 0.316. The van der Waals surface area contributed by atoms with E-state index < -0.39 is 11.5 Å². The lowest BCUT2D eigenvalue weighted by Crippen LogP contribution is -2.52. The molecule has 0 aromatic heterocycles. The van der Waals surface area contributed by atoms with Crippen molar-refractivity contribution < 1.29 is 19.0 Å². The number of aliphatic hydroxyl groups is 1. The molecule has 1 aliphatic carbocycles. The van der Waals surface area contributed by atoms with Gasteiger partial charge in [0, 0.05) is 12.0 Å². The lowest BCUT2D eigenvalue weighted by atomic mass is 9.62. The maximum Gasteiger partial charge on any atom is 0.255 e. The Labute approximate surface area is 140 Å². The second-order valence-corrected chi connectivity index (χ2v) is 6.24. The van der Waals surface area contributed by atoms with Gasteiger partial charge in [-0.15, -0.1) is 0 Å². The molecule has 0 heterocycles. The van der Waals surface area contributed by atoms with Gasteiger partial charge in [-0.25, -0.2) is 4.39 Å². The van der Waals surface area contributed by atoms with Crippen molar-refractivity contribution in [2.75, 3.05) is 13.7 Å². The molecule has 2 aromatic carbocycles. The zero-order valence-electron chi connectivity index (χ0n) is 13.5. The Bertz CT molecular complexity index is 741. The Kier molecular flexibility index (Phi) is 4.53. The van der Waals surface area contributed by atoms with Gasteiger partial charge in [0.1, 0.15) is 11.6 Å². The molecule has 5 heteroatoms. The van der Waals surface area contributed by atoms with Crippen molar-refractivity contribution in [2.45, 2.75) is 24.4 Å². The van der Waals surface area contributed by atoms with Gasteiger partial charge < -0.3 is 15.2 Å². The molecule has 24 heavy (non-hydrogen) atoms. The molecule has 126 valence electrons. The molecule has 0 unspecified atom stereocenters. The van der Waals surface area contributed by atoms with Crippen LogP contribution in [-0.4, -0.2) is 30.8 Å². The third kappa shape index (κ3) is 3.12. The Morgan fingerprint density at radius 1 is 1.29 bits per heavy atom. The predicted octanol–water partition coefficient (Wildman–Crippen LogP) is 2.66. The van der Waals surface area contributed by atoms with Crippen molar-refractivity contribution >= 4 is 5.91 Å². The molecule has 0 saturated heterocycles. The van der Waals surface area contributed by atoms with E-state index in [9.17, 15) is 14.3 Å². The van der Waals surface area contributed by atoms with Gasteiger partial charge in [-0.2, -0.15) is 0 Å². The van der Waals surface area contributed by atoms with Crippen LogP contribution in [0.4, 0.5) is 4.39 Å². The summed E-state index contributed by atoms with van der Waals surface area (Å²) in [4.78, 5) is 12.5. The number of hydrogen-bond acceptors (Lipinski definition) is 3. The average Bonchev–Trinajstić information content (AvgIpc) is 2.57. The third-order valence-corrected chi connectivity index (χ3v) is 4.63. The molecular formula is C19H20FNO3. The summed E-state index contributed by atoms with van der Waals surface area (Å²) in [5.74, 6) is -0.0580. The van der Waals surface area contributed by atoms with Crippen LogP contribution in [0.25, 0.3) is 0 Å². The van der Waals surface area contributed by atoms with Gasteiger partial charge in [0.2, 0.25) is 0 Å². The summed E-state index contributed by atoms with van der Waals surface area (Å²) < 4.78 is 18.8. The molecule has 0 bridgehead atoms. The molecule has 2 N–H and O–H groups in total. The maximum atomic E-state index is 13.6. The summed E-state index contributed by atoms with van der Waals surface area (Å²) in [6.45, 7) is 0.338. The number of ether oxygens (including phenoxy) is 1. The Morgan fingerprint density at radius 3 is 2.71 bits per heavy atom. The van der Waals surface area contributed by atoms with Gasteiger partial charge in [0.25, 0.3) is 5.91 Å². The number of hydrogen-bond donors (Lipinski definition) is 2. The minimum absolute atomic E-state index is 0.246. The van der Waals surface area contributed by atoms with Gasteiger partial charge in [0.05, 0.1) is 18.8 Å². The molecule has 2 aromatic rings. The fourth-order valence-corrected chi connectivity index (χ4v) is 3.32. The van der Waals surface area contributed by atoms with Crippen LogP contribution < -0.4 is 10.1 Å². The largest absolute Gasteiger partial charge is 0.496 e. The monoisotopic (exact) mass is 329 g/mol. The van der Waals surface area contributed by atoms with E-state index in [0.29, 0.717) is 30.7 Å². The first-order valence-electron chi connectivity index (χ1n) is 7.89. The highest BCUT2D eigenvalue weighted by molar-refractivity contribution is 5.97. The number of methoxy groups -OCH3 is 1. The number of halogens is 1. The van der Waals surface area contributed by atoms with Gasteiger partial charge in [-0.05, 0) is 42.7 Å². The summed E-state index contributed by atoms with van der Waals surface area (Å²) in [6, 6.07) is 13.3. The van der Waals surface area contributed by atoms with Crippen LogP contribution in [0.2, 0.25) is 0 Å². The Morgan fingerprint density at radius 2 is 2.04 bits per heavy atom. The zero-order chi connectivity index (χ0) is 17.2. The van der Waals surface area contributed by atoms with E-state index in [1.54, 1.807) is 30.3 Å². The van der Waals surface area contributed by atoms with Crippen LogP contribution in [0.3, 0.4) is 0 Å². The zero-order valence-corrected chi connectivity index (χ0v) is 13.5. The number of rotatable bonds is 5. The van der Waals surface area contributed by atoms with Crippen LogP contribution in [0.1, 0.15) is 28.8 Å². The molecular weight excluding hydrogens is 309 g/mol. The molecule has 1 saturated carbocycles. The number of aliphatic hydroxyl groups excluding tert-OH is 1. The standard InChI is InChI=1S/C19H20FNO3/c1-24-17-8-3-2-7-16(17)18(23)21-12-19(10-15(22)11-19)13-5-4-6-14(20)9-13/h2-9,15,22H,10-12H2,1H3,(H,21,23). The van der Waals surface area contributed by atoms with E-state index in [1.165, 1.54) is 19.2 Å². The first-order valence-corrected chi connectivity index (χ1v) is 7.89. The van der Waals surface area contributed by atoms with Gasteiger partial charge in [-0.3, -0.25) is 4.79 Å². The van der Waals surface area contributed by atoms with Crippen LogP contribution in [0.15, 0.2) is 48.5 Å². The summed E-state index contributed by atoms with van der Waals surface area (Å²) >= 11 is 0. The molecule has 1 amide bonds. The van der Waals surface area contributed by atoms with Gasteiger partial charge in [-0.1, -0.05) is 24.3 Å². The first-order chi connectivity index (χ1) is 11.5. The summed E-state index contributed by atoms with van der Waals surface area (Å²) in [6.07, 6.45) is 0.585. The van der Waals surface area contributed by atoms with Crippen LogP contribution >= 0.6 is 0 Å². The summed E-state index contributed by atoms with van der Waals surface area (Å²) in [5, 5.41) is 12.7. The smallest absolute Gasteiger partial charge is 0.255 e. The highest BCUT2D eigenvalue weighted by Crippen LogP contribution is 2.43. The number of carbonyl (C=O) groups is 1. The maximum absolute atomic E-state index is 13.6. The normalized spacial score (nSPS) is 22.5. The number of carbonyl (C=O) groups excluding carboxylic acids is 1. The lowest BCUT2D eigenvalue weighted by Gasteiger charge is -2.46. The number of nitrogens with one attached hydrogen (secondary N) is 1. The van der Waals surface area contributed by atoms with E-state index in [1.807, 2.05) is 6.07 Å². The molecule has 0 atom stereocenters. The lowest BCUT2D eigenvalue weighted by molar-refractivity contribution is 0.0175. The molecule has 1 aliphatic rings. The van der Waals surface area contributed by atoms with Crippen molar-refractivity contribution in [2.24, 2.45) is 0 Å². The van der Waals surface area contributed by atoms with E-state index in [0.717, 1.165) is 5.56 Å². The second kappa shape index (κ2) is 6.61. The van der Waals surface area contributed by atoms with Crippen LogP contribution in [-0.2, 0) is 5.41 Å². The first kappa shape index (κ1) is 16.5. The Hall–Kier alpha value is -2.40. The van der Waals surface area contributed by atoms with Gasteiger partial charge >= 0.3 is 0 Å². The minimum atomic E-state index is -0.431. The molecule has 0 radical (unpaired) electrons. The average molecular weight is 329 g/mol. The highest BCUT2D eigenvalue weighted by atomic mass is 19.1. The molecule has 0 aliphatic heterocycles. The second-order valence-electron chi connectivity index (χ2n) is 6.24. The van der Waals surface area contributed by atoms with E-state index in [4.69, 9.17) is 4.74 Å². The quantitative estimate of drug-likeness (QED) is 0.887. The van der Waals surface area contributed by atoms with Crippen LogP contribution in [0, 0.1) is 5.82 Å². The van der Waals surface area contributed by atoms with Crippen LogP contribution in [0.5, 0.6) is 5.75 Å². The number of para-hydroxylation sites is 1. The van der Waals surface area contributed by atoms with E-state index in [-0.39, 0.29) is 11.7 Å². The number of benzene rings is 2. The summed E-state index contributed by atoms with van der Waals surface area (Å²) in [5.41, 5.74) is 0.821. The third-order valence-electron chi connectivity index (χ3n) is 4.63. The van der Waals surface area contributed by atoms with Crippen molar-refractivity contribution in [3.63, 3.8) is 0 Å². The number of amides is 1. The Balaban J connectivity index is 1.77. The topological polar surface area (TPSA) is 58.6 Å². The molecule has 1 fully saturated rings. The fourth-order valence-electron chi connectivity index (χ4n) is 3.32. The van der Waals surface area contributed by atoms with Crippen molar-refractivity contribution in [3.8, 4) is 5.75 Å². The highest BCUT2D eigenvalue weighted by Gasteiger charge is 2.45. The van der Waals surface area contributed by atoms with Crippen molar-refractivity contribution in [1.82, 2.24) is 5.32 Å². The van der Waals surface area contributed by atoms with E-state index in [2.05, 4.69) is 5.32 Å². The van der Waals surface area contributed by atoms with E-state index >= 15 is 0 Å². The van der Waals surface area contributed by atoms with Crippen molar-refractivity contribution in [3.05, 3.63) is 65.5 Å². The minimum Gasteiger partial charge on any atom is -0.496 e. The summed E-state index contributed by atoms with van der Waals surface area (Å²) in [7, 11) is 1.52. The van der Waals surface area contributed by atoms with Crippen molar-refractivity contribution in [1.29, 1.82) is 0 Å². The van der Waals surface area contributed by atoms with Gasteiger partial charge in [0.15, 0.2) is 0 Å². The predicted molar refractivity (Wildman–Crippen MR) is 88.6 cm³/mol. The molecule has 3 rings (SSSR count).